The average molecular weight is 312 g/mol. The first kappa shape index (κ1) is 17.8. The van der Waals surface area contributed by atoms with E-state index in [1.54, 1.807) is 5.57 Å². The highest BCUT2D eigenvalue weighted by Crippen LogP contribution is 2.28. The van der Waals surface area contributed by atoms with Gasteiger partial charge in [-0.05, 0) is 51.5 Å². The Balaban J connectivity index is 2.00. The average Bonchev–Trinajstić information content (AvgIpc) is 2.77. The summed E-state index contributed by atoms with van der Waals surface area (Å²) in [5.41, 5.74) is 4.44. The van der Waals surface area contributed by atoms with E-state index in [1.165, 1.54) is 37.1 Å². The van der Waals surface area contributed by atoms with Crippen LogP contribution in [-0.2, 0) is 0 Å². The molecule has 126 valence electrons. The lowest BCUT2D eigenvalue weighted by Gasteiger charge is -2.23. The summed E-state index contributed by atoms with van der Waals surface area (Å²) in [6.45, 7) is 11.2. The van der Waals surface area contributed by atoms with Crippen LogP contribution in [0.25, 0.3) is 0 Å². The summed E-state index contributed by atoms with van der Waals surface area (Å²) in [7, 11) is 0. The van der Waals surface area contributed by atoms with Crippen molar-refractivity contribution in [3.8, 4) is 0 Å². The van der Waals surface area contributed by atoms with Crippen LogP contribution in [0.4, 0.5) is 0 Å². The van der Waals surface area contributed by atoms with Crippen LogP contribution in [0.15, 0.2) is 59.4 Å². The van der Waals surface area contributed by atoms with Crippen LogP contribution >= 0.6 is 0 Å². The van der Waals surface area contributed by atoms with E-state index >= 15 is 0 Å². The number of rotatable bonds is 4. The number of allylic oxidation sites excluding steroid dienone is 8. The summed E-state index contributed by atoms with van der Waals surface area (Å²) in [4.78, 5) is 2.55. The van der Waals surface area contributed by atoms with Gasteiger partial charge in [-0.1, -0.05) is 61.4 Å². The quantitative estimate of drug-likeness (QED) is 0.452. The van der Waals surface area contributed by atoms with Gasteiger partial charge in [0.25, 0.3) is 0 Å². The molecule has 1 saturated heterocycles. The number of hydrogen-bond acceptors (Lipinski definition) is 1. The highest BCUT2D eigenvalue weighted by atomic mass is 15.1. The van der Waals surface area contributed by atoms with E-state index in [-0.39, 0.29) is 0 Å². The van der Waals surface area contributed by atoms with Crippen molar-refractivity contribution in [2.24, 2.45) is 11.8 Å². The van der Waals surface area contributed by atoms with Gasteiger partial charge in [-0.3, -0.25) is 0 Å². The summed E-state index contributed by atoms with van der Waals surface area (Å²) in [6, 6.07) is 0. The van der Waals surface area contributed by atoms with Gasteiger partial charge in [-0.2, -0.15) is 0 Å². The normalized spacial score (nSPS) is 28.3. The summed E-state index contributed by atoms with van der Waals surface area (Å²) in [5, 5.41) is 0. The fourth-order valence-corrected chi connectivity index (χ4v) is 3.56. The topological polar surface area (TPSA) is 3.24 Å². The van der Waals surface area contributed by atoms with Crippen molar-refractivity contribution < 1.29 is 0 Å². The maximum atomic E-state index is 2.55. The molecule has 2 rings (SSSR count). The largest absolute Gasteiger partial charge is 0.371 e. The predicted octanol–water partition coefficient (Wildman–Crippen LogP) is 6.04. The molecule has 0 N–H and O–H groups in total. The van der Waals surface area contributed by atoms with Gasteiger partial charge in [0.05, 0.1) is 0 Å². The van der Waals surface area contributed by atoms with E-state index in [2.05, 4.69) is 75.1 Å². The maximum Gasteiger partial charge on any atom is 0.0319 e. The van der Waals surface area contributed by atoms with Crippen molar-refractivity contribution in [1.82, 2.24) is 4.90 Å². The van der Waals surface area contributed by atoms with E-state index in [9.17, 15) is 0 Å². The first-order valence-electron chi connectivity index (χ1n) is 9.28. The summed E-state index contributed by atoms with van der Waals surface area (Å²) >= 11 is 0. The van der Waals surface area contributed by atoms with Crippen molar-refractivity contribution in [2.45, 2.75) is 53.4 Å². The fraction of sp³-hybridized carbons (Fsp3) is 0.545. The molecular weight excluding hydrogens is 278 g/mol. The highest BCUT2D eigenvalue weighted by molar-refractivity contribution is 5.27. The third-order valence-electron chi connectivity index (χ3n) is 4.96. The molecule has 1 aliphatic carbocycles. The Kier molecular flexibility index (Phi) is 6.95. The molecular formula is C22H33N. The van der Waals surface area contributed by atoms with Crippen LogP contribution in [0, 0.1) is 11.8 Å². The minimum absolute atomic E-state index is 0.585. The molecule has 0 aromatic heterocycles. The molecule has 0 aromatic rings. The third kappa shape index (κ3) is 5.27. The number of likely N-dealkylation sites (tertiary alicyclic amines) is 1. The number of nitrogens with zero attached hydrogens (tertiary/aromatic N) is 1. The Morgan fingerprint density at radius 3 is 2.83 bits per heavy atom. The molecule has 0 bridgehead atoms. The lowest BCUT2D eigenvalue weighted by atomic mass is 9.85. The molecule has 0 amide bonds. The molecule has 1 heteroatoms. The molecule has 2 unspecified atom stereocenters. The molecule has 0 saturated carbocycles. The van der Waals surface area contributed by atoms with Crippen molar-refractivity contribution in [3.63, 3.8) is 0 Å². The Bertz CT molecular complexity index is 530. The lowest BCUT2D eigenvalue weighted by Crippen LogP contribution is -2.23. The van der Waals surface area contributed by atoms with E-state index in [0.29, 0.717) is 11.8 Å². The number of hydrogen-bond donors (Lipinski definition) is 0. The van der Waals surface area contributed by atoms with Crippen LogP contribution in [-0.4, -0.2) is 18.0 Å². The maximum absolute atomic E-state index is 2.55. The van der Waals surface area contributed by atoms with Crippen molar-refractivity contribution in [2.75, 3.05) is 13.1 Å². The minimum atomic E-state index is 0.585. The molecule has 2 aliphatic rings. The molecule has 2 atom stereocenters. The third-order valence-corrected chi connectivity index (χ3v) is 4.96. The molecule has 1 fully saturated rings. The van der Waals surface area contributed by atoms with E-state index < -0.39 is 0 Å². The van der Waals surface area contributed by atoms with E-state index in [4.69, 9.17) is 0 Å². The van der Waals surface area contributed by atoms with Crippen LogP contribution in [0.3, 0.4) is 0 Å². The second-order valence-electron chi connectivity index (χ2n) is 6.90. The summed E-state index contributed by atoms with van der Waals surface area (Å²) in [5.74, 6) is 1.21. The fourth-order valence-electron chi connectivity index (χ4n) is 3.56. The van der Waals surface area contributed by atoms with Crippen molar-refractivity contribution in [1.29, 1.82) is 0 Å². The van der Waals surface area contributed by atoms with Crippen molar-refractivity contribution >= 4 is 0 Å². The van der Waals surface area contributed by atoms with Gasteiger partial charge < -0.3 is 4.90 Å². The van der Waals surface area contributed by atoms with Gasteiger partial charge in [0.2, 0.25) is 0 Å². The zero-order valence-corrected chi connectivity index (χ0v) is 15.4. The SMILES string of the molecule is C/C=C(\C=C/CC)N1CCC/C(=C/C2C=CC(C)=CC2C)CC1. The zero-order chi connectivity index (χ0) is 16.7. The molecule has 1 aliphatic heterocycles. The van der Waals surface area contributed by atoms with Crippen molar-refractivity contribution in [3.05, 3.63) is 59.4 Å². The summed E-state index contributed by atoms with van der Waals surface area (Å²) in [6.07, 6.45) is 21.2. The molecule has 1 nitrogen and oxygen atoms in total. The van der Waals surface area contributed by atoms with Crippen LogP contribution in [0.1, 0.15) is 53.4 Å². The van der Waals surface area contributed by atoms with Crippen LogP contribution in [0.2, 0.25) is 0 Å². The van der Waals surface area contributed by atoms with Gasteiger partial charge in [0, 0.05) is 24.7 Å². The Morgan fingerprint density at radius 2 is 2.13 bits per heavy atom. The molecule has 0 radical (unpaired) electrons. The van der Waals surface area contributed by atoms with Gasteiger partial charge >= 0.3 is 0 Å². The first-order chi connectivity index (χ1) is 11.1. The Morgan fingerprint density at radius 1 is 1.30 bits per heavy atom. The molecule has 0 spiro atoms. The smallest absolute Gasteiger partial charge is 0.0319 e. The van der Waals surface area contributed by atoms with E-state index in [0.717, 1.165) is 13.0 Å². The van der Waals surface area contributed by atoms with Crippen LogP contribution < -0.4 is 0 Å². The summed E-state index contributed by atoms with van der Waals surface area (Å²) < 4.78 is 0. The minimum Gasteiger partial charge on any atom is -0.371 e. The highest BCUT2D eigenvalue weighted by Gasteiger charge is 2.17. The van der Waals surface area contributed by atoms with Gasteiger partial charge in [-0.25, -0.2) is 0 Å². The Hall–Kier alpha value is -1.50. The monoisotopic (exact) mass is 311 g/mol. The predicted molar refractivity (Wildman–Crippen MR) is 102 cm³/mol. The Labute approximate surface area is 143 Å². The van der Waals surface area contributed by atoms with Gasteiger partial charge in [0.15, 0.2) is 0 Å². The molecule has 1 heterocycles. The zero-order valence-electron chi connectivity index (χ0n) is 15.4. The van der Waals surface area contributed by atoms with Gasteiger partial charge in [-0.15, -0.1) is 0 Å². The molecule has 0 aromatic carbocycles. The second-order valence-corrected chi connectivity index (χ2v) is 6.90. The standard InChI is InChI=1S/C22H33N/c1-5-7-10-22(6-2)23-14-8-9-20(13-15-23)17-21-12-11-18(3)16-19(21)4/h6-7,10-12,16-17,19,21H,5,8-9,13-15H2,1-4H3/b10-7-,20-17-,22-6+. The van der Waals surface area contributed by atoms with E-state index in [1.807, 2.05) is 0 Å². The van der Waals surface area contributed by atoms with Gasteiger partial charge in [0.1, 0.15) is 0 Å². The molecule has 23 heavy (non-hydrogen) atoms. The van der Waals surface area contributed by atoms with Crippen LogP contribution in [0.5, 0.6) is 0 Å². The lowest BCUT2D eigenvalue weighted by molar-refractivity contribution is 0.370. The second kappa shape index (κ2) is 8.96. The first-order valence-corrected chi connectivity index (χ1v) is 9.28.